The molecule has 0 aliphatic heterocycles. The van der Waals surface area contributed by atoms with Gasteiger partial charge in [0.05, 0.1) is 17.7 Å². The maximum atomic E-state index is 11.0. The predicted molar refractivity (Wildman–Crippen MR) is 85.0 cm³/mol. The van der Waals surface area contributed by atoms with E-state index in [2.05, 4.69) is 29.3 Å². The van der Waals surface area contributed by atoms with Crippen molar-refractivity contribution >= 4 is 0 Å². The molecular weight excluding hydrogens is 258 g/mol. The number of aromatic nitrogens is 1. The monoisotopic (exact) mass is 279 g/mol. The first kappa shape index (κ1) is 14.0. The third kappa shape index (κ3) is 3.22. The minimum Gasteiger partial charge on any atom is -0.392 e. The maximum Gasteiger partial charge on any atom is 0.0695 e. The number of hydrogen-bond donors (Lipinski definition) is 1. The molecule has 1 aliphatic rings. The van der Waals surface area contributed by atoms with Crippen LogP contribution in [0.2, 0.25) is 0 Å². The van der Waals surface area contributed by atoms with Gasteiger partial charge in [-0.15, -0.1) is 0 Å². The van der Waals surface area contributed by atoms with Crippen molar-refractivity contribution < 1.29 is 5.11 Å². The van der Waals surface area contributed by atoms with Crippen LogP contribution in [0.15, 0.2) is 66.9 Å². The van der Waals surface area contributed by atoms with Crippen LogP contribution in [0.5, 0.6) is 0 Å². The van der Waals surface area contributed by atoms with E-state index in [4.69, 9.17) is 0 Å². The highest BCUT2D eigenvalue weighted by molar-refractivity contribution is 5.30. The zero-order valence-electron chi connectivity index (χ0n) is 12.1. The molecule has 0 amide bonds. The molecule has 1 aromatic carbocycles. The summed E-state index contributed by atoms with van der Waals surface area (Å²) in [4.78, 5) is 4.49. The lowest BCUT2D eigenvalue weighted by Crippen LogP contribution is -2.29. The second-order valence-corrected chi connectivity index (χ2v) is 5.68. The van der Waals surface area contributed by atoms with Crippen LogP contribution < -0.4 is 0 Å². The second kappa shape index (κ2) is 6.68. The highest BCUT2D eigenvalue weighted by Gasteiger charge is 2.30. The fourth-order valence-corrected chi connectivity index (χ4v) is 3.16. The van der Waals surface area contributed by atoms with E-state index in [9.17, 15) is 5.11 Å². The third-order valence-corrected chi connectivity index (χ3v) is 4.30. The Balaban J connectivity index is 1.94. The molecule has 108 valence electrons. The summed E-state index contributed by atoms with van der Waals surface area (Å²) < 4.78 is 0. The molecule has 21 heavy (non-hydrogen) atoms. The molecule has 0 saturated heterocycles. The Kier molecular flexibility index (Phi) is 4.46. The van der Waals surface area contributed by atoms with E-state index in [1.54, 1.807) is 6.20 Å². The van der Waals surface area contributed by atoms with E-state index >= 15 is 0 Å². The first-order valence-corrected chi connectivity index (χ1v) is 7.65. The van der Waals surface area contributed by atoms with Gasteiger partial charge in [0, 0.05) is 6.20 Å². The molecule has 0 unspecified atom stereocenters. The van der Waals surface area contributed by atoms with Gasteiger partial charge < -0.3 is 5.11 Å². The summed E-state index contributed by atoms with van der Waals surface area (Å²) in [5, 5.41) is 11.0. The van der Waals surface area contributed by atoms with Crippen LogP contribution in [0, 0.1) is 5.92 Å². The molecule has 2 nitrogen and oxygen atoms in total. The van der Waals surface area contributed by atoms with Crippen molar-refractivity contribution in [2.75, 3.05) is 0 Å². The van der Waals surface area contributed by atoms with Gasteiger partial charge in [-0.2, -0.15) is 0 Å². The molecule has 0 radical (unpaired) electrons. The van der Waals surface area contributed by atoms with Crippen molar-refractivity contribution in [2.45, 2.75) is 31.3 Å². The van der Waals surface area contributed by atoms with Gasteiger partial charge in [0.1, 0.15) is 0 Å². The second-order valence-electron chi connectivity index (χ2n) is 5.68. The summed E-state index contributed by atoms with van der Waals surface area (Å²) in [6.45, 7) is 0. The molecule has 1 aliphatic carbocycles. The number of aliphatic hydroxyl groups is 1. The van der Waals surface area contributed by atoms with Gasteiger partial charge in [0.2, 0.25) is 0 Å². The Hall–Kier alpha value is -1.93. The lowest BCUT2D eigenvalue weighted by atomic mass is 9.78. The minimum absolute atomic E-state index is 0.0519. The van der Waals surface area contributed by atoms with Crippen LogP contribution in [0.3, 0.4) is 0 Å². The highest BCUT2D eigenvalue weighted by Crippen LogP contribution is 2.34. The van der Waals surface area contributed by atoms with Crippen molar-refractivity contribution in [3.05, 3.63) is 78.1 Å². The number of aliphatic hydroxyl groups excluding tert-OH is 1. The summed E-state index contributed by atoms with van der Waals surface area (Å²) in [7, 11) is 0. The van der Waals surface area contributed by atoms with Crippen molar-refractivity contribution in [1.29, 1.82) is 0 Å². The van der Waals surface area contributed by atoms with Gasteiger partial charge in [0.15, 0.2) is 0 Å². The molecule has 3 rings (SSSR count). The molecular formula is C19H21NO. The number of nitrogens with zero attached hydrogens (tertiary/aromatic N) is 1. The average Bonchev–Trinajstić information content (AvgIpc) is 2.58. The van der Waals surface area contributed by atoms with Gasteiger partial charge in [-0.1, -0.05) is 48.6 Å². The molecule has 1 aromatic heterocycles. The minimum atomic E-state index is -0.396. The van der Waals surface area contributed by atoms with Crippen LogP contribution in [-0.4, -0.2) is 16.2 Å². The Morgan fingerprint density at radius 3 is 2.48 bits per heavy atom. The van der Waals surface area contributed by atoms with Crippen LogP contribution in [-0.2, 0) is 0 Å². The van der Waals surface area contributed by atoms with E-state index in [1.807, 2.05) is 36.4 Å². The van der Waals surface area contributed by atoms with Crippen molar-refractivity contribution in [3.63, 3.8) is 0 Å². The van der Waals surface area contributed by atoms with Crippen LogP contribution in [0.25, 0.3) is 0 Å². The Morgan fingerprint density at radius 1 is 1.00 bits per heavy atom. The SMILES string of the molecule is O[C@H]([C@@H]1CC=CCC1)[C@@H](c1ccccc1)c1ccccn1. The van der Waals surface area contributed by atoms with Gasteiger partial charge in [-0.05, 0) is 42.9 Å². The van der Waals surface area contributed by atoms with Gasteiger partial charge in [-0.25, -0.2) is 0 Å². The molecule has 0 fully saturated rings. The summed E-state index contributed by atoms with van der Waals surface area (Å²) in [6, 6.07) is 16.2. The van der Waals surface area contributed by atoms with Crippen LogP contribution >= 0.6 is 0 Å². The summed E-state index contributed by atoms with van der Waals surface area (Å²) in [5.41, 5.74) is 2.09. The van der Waals surface area contributed by atoms with E-state index in [1.165, 1.54) is 0 Å². The van der Waals surface area contributed by atoms with Crippen molar-refractivity contribution in [1.82, 2.24) is 4.98 Å². The van der Waals surface area contributed by atoms with Crippen molar-refractivity contribution in [3.8, 4) is 0 Å². The standard InChI is InChI=1S/C19H21NO/c21-19(16-11-5-2-6-12-16)18(15-9-3-1-4-10-15)17-13-7-8-14-20-17/h1-5,7-10,13-14,16,18-19,21H,6,11-12H2/t16-,18+,19-/m1/s1. The van der Waals surface area contributed by atoms with Gasteiger partial charge >= 0.3 is 0 Å². The Labute approximate surface area is 126 Å². The Morgan fingerprint density at radius 2 is 1.81 bits per heavy atom. The lowest BCUT2D eigenvalue weighted by molar-refractivity contribution is 0.0853. The number of rotatable bonds is 4. The molecule has 1 heterocycles. The fraction of sp³-hybridized carbons (Fsp3) is 0.316. The average molecular weight is 279 g/mol. The highest BCUT2D eigenvalue weighted by atomic mass is 16.3. The zero-order valence-corrected chi connectivity index (χ0v) is 12.1. The zero-order chi connectivity index (χ0) is 14.5. The molecule has 0 spiro atoms. The van der Waals surface area contributed by atoms with Crippen LogP contribution in [0.4, 0.5) is 0 Å². The fourth-order valence-electron chi connectivity index (χ4n) is 3.16. The van der Waals surface area contributed by atoms with Gasteiger partial charge in [0.25, 0.3) is 0 Å². The largest absolute Gasteiger partial charge is 0.392 e. The molecule has 3 atom stereocenters. The lowest BCUT2D eigenvalue weighted by Gasteiger charge is -2.30. The summed E-state index contributed by atoms with van der Waals surface area (Å²) in [6.07, 6.45) is 8.88. The van der Waals surface area contributed by atoms with Crippen molar-refractivity contribution in [2.24, 2.45) is 5.92 Å². The normalized spacial score (nSPS) is 20.9. The number of allylic oxidation sites excluding steroid dienone is 2. The molecule has 1 N–H and O–H groups in total. The number of pyridine rings is 1. The summed E-state index contributed by atoms with van der Waals surface area (Å²) >= 11 is 0. The first-order valence-electron chi connectivity index (χ1n) is 7.65. The molecule has 0 saturated carbocycles. The molecule has 0 bridgehead atoms. The maximum absolute atomic E-state index is 11.0. The smallest absolute Gasteiger partial charge is 0.0695 e. The molecule has 2 heteroatoms. The number of benzene rings is 1. The predicted octanol–water partition coefficient (Wildman–Crippen LogP) is 3.93. The van der Waals surface area contributed by atoms with Gasteiger partial charge in [-0.3, -0.25) is 4.98 Å². The first-order chi connectivity index (χ1) is 10.4. The third-order valence-electron chi connectivity index (χ3n) is 4.30. The summed E-state index contributed by atoms with van der Waals surface area (Å²) in [5.74, 6) is 0.256. The van der Waals surface area contributed by atoms with E-state index < -0.39 is 6.10 Å². The quantitative estimate of drug-likeness (QED) is 0.860. The van der Waals surface area contributed by atoms with E-state index in [0.717, 1.165) is 30.5 Å². The van der Waals surface area contributed by atoms with E-state index in [0.29, 0.717) is 5.92 Å². The Bertz CT molecular complexity index is 540. The topological polar surface area (TPSA) is 33.1 Å². The van der Waals surface area contributed by atoms with E-state index in [-0.39, 0.29) is 5.92 Å². The van der Waals surface area contributed by atoms with Crippen LogP contribution in [0.1, 0.15) is 36.4 Å². The number of hydrogen-bond acceptors (Lipinski definition) is 2. The molecule has 2 aromatic rings.